The normalized spacial score (nSPS) is 16.6. The number of anilines is 1. The first kappa shape index (κ1) is 12.9. The Morgan fingerprint density at radius 2 is 1.89 bits per heavy atom. The van der Waals surface area contributed by atoms with Gasteiger partial charge in [-0.1, -0.05) is 12.1 Å². The molecule has 0 aliphatic carbocycles. The molecule has 1 aromatic carbocycles. The predicted molar refractivity (Wildman–Crippen MR) is 73.4 cm³/mol. The number of carbonyl (C=O) groups is 1. The van der Waals surface area contributed by atoms with Gasteiger partial charge < -0.3 is 15.5 Å². The number of nitrogens with zero attached hydrogens (tertiary/aromatic N) is 2. The summed E-state index contributed by atoms with van der Waals surface area (Å²) in [4.78, 5) is 15.6. The van der Waals surface area contributed by atoms with Gasteiger partial charge in [-0.25, -0.2) is 0 Å². The highest BCUT2D eigenvalue weighted by Gasteiger charge is 2.16. The van der Waals surface area contributed by atoms with Gasteiger partial charge in [-0.3, -0.25) is 4.79 Å². The SMILES string of the molecule is CC(=O)N1CCCN(c2ccc(CN)cc2)CC1. The standard InChI is InChI=1S/C14H21N3O/c1-12(18)16-7-2-8-17(10-9-16)14-5-3-13(11-15)4-6-14/h3-6H,2,7-11,15H2,1H3. The molecule has 0 unspecified atom stereocenters. The van der Waals surface area contributed by atoms with E-state index < -0.39 is 0 Å². The Kier molecular flexibility index (Phi) is 4.20. The maximum Gasteiger partial charge on any atom is 0.219 e. The third-order valence-corrected chi connectivity index (χ3v) is 3.48. The molecular formula is C14H21N3O. The van der Waals surface area contributed by atoms with Crippen molar-refractivity contribution in [3.8, 4) is 0 Å². The molecule has 0 saturated carbocycles. The first-order chi connectivity index (χ1) is 8.70. The van der Waals surface area contributed by atoms with Crippen molar-refractivity contribution in [2.75, 3.05) is 31.1 Å². The molecule has 1 aliphatic heterocycles. The van der Waals surface area contributed by atoms with Crippen LogP contribution in [0.1, 0.15) is 18.9 Å². The number of hydrogen-bond donors (Lipinski definition) is 1. The van der Waals surface area contributed by atoms with Crippen molar-refractivity contribution in [2.45, 2.75) is 19.9 Å². The van der Waals surface area contributed by atoms with Crippen LogP contribution in [-0.4, -0.2) is 37.0 Å². The van der Waals surface area contributed by atoms with E-state index in [1.165, 1.54) is 5.69 Å². The third kappa shape index (κ3) is 3.01. The second kappa shape index (κ2) is 5.87. The van der Waals surface area contributed by atoms with Crippen molar-refractivity contribution in [3.05, 3.63) is 29.8 Å². The number of carbonyl (C=O) groups excluding carboxylic acids is 1. The molecule has 0 aromatic heterocycles. The van der Waals surface area contributed by atoms with E-state index in [1.54, 1.807) is 6.92 Å². The first-order valence-electron chi connectivity index (χ1n) is 6.50. The molecule has 4 nitrogen and oxygen atoms in total. The van der Waals surface area contributed by atoms with E-state index in [-0.39, 0.29) is 5.91 Å². The first-order valence-corrected chi connectivity index (χ1v) is 6.50. The lowest BCUT2D eigenvalue weighted by molar-refractivity contribution is -0.128. The highest BCUT2D eigenvalue weighted by atomic mass is 16.2. The molecule has 0 spiro atoms. The maximum absolute atomic E-state index is 11.4. The summed E-state index contributed by atoms with van der Waals surface area (Å²) in [6.07, 6.45) is 1.03. The predicted octanol–water partition coefficient (Wildman–Crippen LogP) is 1.20. The van der Waals surface area contributed by atoms with Crippen LogP contribution in [-0.2, 0) is 11.3 Å². The van der Waals surface area contributed by atoms with Crippen molar-refractivity contribution in [3.63, 3.8) is 0 Å². The Balaban J connectivity index is 2.02. The average molecular weight is 247 g/mol. The molecule has 1 amide bonds. The quantitative estimate of drug-likeness (QED) is 0.854. The summed E-state index contributed by atoms with van der Waals surface area (Å²) in [5, 5.41) is 0. The van der Waals surface area contributed by atoms with Crippen LogP contribution in [0.15, 0.2) is 24.3 Å². The molecule has 0 radical (unpaired) electrons. The van der Waals surface area contributed by atoms with Crippen LogP contribution in [0.3, 0.4) is 0 Å². The molecule has 1 fully saturated rings. The van der Waals surface area contributed by atoms with Crippen LogP contribution in [0.25, 0.3) is 0 Å². The van der Waals surface area contributed by atoms with Crippen LogP contribution >= 0.6 is 0 Å². The lowest BCUT2D eigenvalue weighted by Crippen LogP contribution is -2.33. The smallest absolute Gasteiger partial charge is 0.219 e. The number of benzene rings is 1. The second-order valence-electron chi connectivity index (χ2n) is 4.72. The molecule has 1 aromatic rings. The lowest BCUT2D eigenvalue weighted by Gasteiger charge is -2.23. The summed E-state index contributed by atoms with van der Waals surface area (Å²) >= 11 is 0. The van der Waals surface area contributed by atoms with E-state index in [0.717, 1.165) is 38.2 Å². The highest BCUT2D eigenvalue weighted by Crippen LogP contribution is 2.17. The zero-order valence-electron chi connectivity index (χ0n) is 10.9. The van der Waals surface area contributed by atoms with Gasteiger partial charge >= 0.3 is 0 Å². The summed E-state index contributed by atoms with van der Waals surface area (Å²) in [5.41, 5.74) is 7.97. The summed E-state index contributed by atoms with van der Waals surface area (Å²) in [5.74, 6) is 0.176. The van der Waals surface area contributed by atoms with Crippen LogP contribution in [0.5, 0.6) is 0 Å². The van der Waals surface area contributed by atoms with Gasteiger partial charge in [0.2, 0.25) is 5.91 Å². The van der Waals surface area contributed by atoms with Gasteiger partial charge in [0.05, 0.1) is 0 Å². The van der Waals surface area contributed by atoms with Gasteiger partial charge in [0.25, 0.3) is 0 Å². The Bertz CT molecular complexity index is 402. The van der Waals surface area contributed by atoms with Crippen LogP contribution in [0.2, 0.25) is 0 Å². The molecule has 2 rings (SSSR count). The highest BCUT2D eigenvalue weighted by molar-refractivity contribution is 5.73. The molecule has 1 aliphatic rings. The van der Waals surface area contributed by atoms with Gasteiger partial charge in [-0.15, -0.1) is 0 Å². The van der Waals surface area contributed by atoms with E-state index in [4.69, 9.17) is 5.73 Å². The fraction of sp³-hybridized carbons (Fsp3) is 0.500. The summed E-state index contributed by atoms with van der Waals surface area (Å²) in [7, 11) is 0. The van der Waals surface area contributed by atoms with Gasteiger partial charge in [-0.2, -0.15) is 0 Å². The van der Waals surface area contributed by atoms with E-state index in [1.807, 2.05) is 4.90 Å². The third-order valence-electron chi connectivity index (χ3n) is 3.48. The largest absolute Gasteiger partial charge is 0.370 e. The summed E-state index contributed by atoms with van der Waals surface area (Å²) in [6.45, 7) is 5.82. The lowest BCUT2D eigenvalue weighted by atomic mass is 10.2. The van der Waals surface area contributed by atoms with E-state index >= 15 is 0 Å². The Hall–Kier alpha value is -1.55. The molecule has 98 valence electrons. The van der Waals surface area contributed by atoms with Crippen molar-refractivity contribution in [1.29, 1.82) is 0 Å². The second-order valence-corrected chi connectivity index (χ2v) is 4.72. The summed E-state index contributed by atoms with van der Waals surface area (Å²) in [6, 6.07) is 8.38. The minimum absolute atomic E-state index is 0.176. The number of rotatable bonds is 2. The van der Waals surface area contributed by atoms with Gasteiger partial charge in [0.1, 0.15) is 0 Å². The fourth-order valence-electron chi connectivity index (χ4n) is 2.33. The molecule has 1 heterocycles. The van der Waals surface area contributed by atoms with Gasteiger partial charge in [0.15, 0.2) is 0 Å². The minimum Gasteiger partial charge on any atom is -0.370 e. The van der Waals surface area contributed by atoms with E-state index in [2.05, 4.69) is 29.2 Å². The Labute approximate surface area is 108 Å². The molecule has 0 bridgehead atoms. The van der Waals surface area contributed by atoms with E-state index in [9.17, 15) is 4.79 Å². The van der Waals surface area contributed by atoms with Gasteiger partial charge in [0, 0.05) is 45.3 Å². The molecular weight excluding hydrogens is 226 g/mol. The Morgan fingerprint density at radius 1 is 1.17 bits per heavy atom. The molecule has 0 atom stereocenters. The van der Waals surface area contributed by atoms with Crippen LogP contribution < -0.4 is 10.6 Å². The summed E-state index contributed by atoms with van der Waals surface area (Å²) < 4.78 is 0. The number of nitrogens with two attached hydrogens (primary N) is 1. The average Bonchev–Trinajstić information content (AvgIpc) is 2.64. The molecule has 4 heteroatoms. The fourth-order valence-corrected chi connectivity index (χ4v) is 2.33. The zero-order valence-corrected chi connectivity index (χ0v) is 10.9. The van der Waals surface area contributed by atoms with Crippen molar-refractivity contribution in [1.82, 2.24) is 4.90 Å². The van der Waals surface area contributed by atoms with Gasteiger partial charge in [-0.05, 0) is 24.1 Å². The van der Waals surface area contributed by atoms with E-state index in [0.29, 0.717) is 6.54 Å². The monoisotopic (exact) mass is 247 g/mol. The number of hydrogen-bond acceptors (Lipinski definition) is 3. The zero-order chi connectivity index (χ0) is 13.0. The topological polar surface area (TPSA) is 49.6 Å². The Morgan fingerprint density at radius 3 is 2.50 bits per heavy atom. The van der Waals surface area contributed by atoms with Crippen molar-refractivity contribution < 1.29 is 4.79 Å². The maximum atomic E-state index is 11.4. The molecule has 2 N–H and O–H groups in total. The van der Waals surface area contributed by atoms with Crippen LogP contribution in [0, 0.1) is 0 Å². The molecule has 18 heavy (non-hydrogen) atoms. The van der Waals surface area contributed by atoms with Crippen molar-refractivity contribution in [2.24, 2.45) is 5.73 Å². The molecule has 1 saturated heterocycles. The van der Waals surface area contributed by atoms with Crippen molar-refractivity contribution >= 4 is 11.6 Å². The minimum atomic E-state index is 0.176. The van der Waals surface area contributed by atoms with Crippen LogP contribution in [0.4, 0.5) is 5.69 Å². The number of amides is 1.